The quantitative estimate of drug-likeness (QED) is 0.475. The van der Waals surface area contributed by atoms with Crippen LogP contribution in [0.2, 0.25) is 0 Å². The summed E-state index contributed by atoms with van der Waals surface area (Å²) in [5.41, 5.74) is 4.27. The van der Waals surface area contributed by atoms with Gasteiger partial charge < -0.3 is 19.4 Å². The lowest BCUT2D eigenvalue weighted by Gasteiger charge is -2.08. The minimum atomic E-state index is -0.363. The lowest BCUT2D eigenvalue weighted by Crippen LogP contribution is -2.14. The van der Waals surface area contributed by atoms with E-state index in [-0.39, 0.29) is 12.6 Å². The minimum absolute atomic E-state index is 0.235. The van der Waals surface area contributed by atoms with Crippen LogP contribution in [0.15, 0.2) is 54.7 Å². The molecule has 0 atom stereocenters. The fourth-order valence-electron chi connectivity index (χ4n) is 2.94. The maximum Gasteiger partial charge on any atom is 0.331 e. The van der Waals surface area contributed by atoms with Gasteiger partial charge in [0.2, 0.25) is 0 Å². The van der Waals surface area contributed by atoms with E-state index < -0.39 is 0 Å². The highest BCUT2D eigenvalue weighted by Crippen LogP contribution is 2.21. The molecule has 0 aliphatic rings. The van der Waals surface area contributed by atoms with Crippen molar-refractivity contribution in [2.24, 2.45) is 0 Å². The molecule has 0 amide bonds. The number of carbonyl (C=O) groups is 1. The molecular weight excluding hydrogens is 352 g/mol. The van der Waals surface area contributed by atoms with Gasteiger partial charge in [0, 0.05) is 29.7 Å². The summed E-state index contributed by atoms with van der Waals surface area (Å²) >= 11 is 0. The van der Waals surface area contributed by atoms with Crippen molar-refractivity contribution in [2.75, 3.05) is 27.7 Å². The van der Waals surface area contributed by atoms with Crippen LogP contribution in [0.3, 0.4) is 0 Å². The third-order valence-electron chi connectivity index (χ3n) is 4.57. The van der Waals surface area contributed by atoms with E-state index in [0.29, 0.717) is 0 Å². The van der Waals surface area contributed by atoms with Crippen molar-refractivity contribution < 1.29 is 14.3 Å². The maximum atomic E-state index is 12.0. The van der Waals surface area contributed by atoms with Crippen molar-refractivity contribution in [3.05, 3.63) is 71.4 Å². The number of aromatic nitrogens is 1. The molecule has 0 bridgehead atoms. The fourth-order valence-corrected chi connectivity index (χ4v) is 2.94. The van der Waals surface area contributed by atoms with Crippen LogP contribution < -0.4 is 4.74 Å². The number of methoxy groups -OCH3 is 1. The van der Waals surface area contributed by atoms with Crippen molar-refractivity contribution in [1.82, 2.24) is 9.88 Å². The molecule has 0 radical (unpaired) electrons. The number of esters is 1. The van der Waals surface area contributed by atoms with Crippen LogP contribution in [0.5, 0.6) is 5.75 Å². The van der Waals surface area contributed by atoms with Crippen LogP contribution in [0.1, 0.15) is 16.7 Å². The van der Waals surface area contributed by atoms with Crippen LogP contribution in [-0.4, -0.2) is 43.6 Å². The summed E-state index contributed by atoms with van der Waals surface area (Å²) in [7, 11) is 5.76. The number of hydrogen-bond acceptors (Lipinski definition) is 4. The highest BCUT2D eigenvalue weighted by molar-refractivity contribution is 5.90. The topological polar surface area (TPSA) is 54.6 Å². The number of nitrogens with one attached hydrogen (secondary N) is 1. The summed E-state index contributed by atoms with van der Waals surface area (Å²) in [5.74, 6) is 0.415. The van der Waals surface area contributed by atoms with Gasteiger partial charge >= 0.3 is 5.97 Å². The second-order valence-electron chi connectivity index (χ2n) is 6.96. The highest BCUT2D eigenvalue weighted by atomic mass is 16.5. The molecular formula is C23H26N2O3. The molecule has 3 aromatic rings. The molecule has 0 saturated heterocycles. The van der Waals surface area contributed by atoms with E-state index in [0.717, 1.165) is 35.4 Å². The zero-order chi connectivity index (χ0) is 19.9. The molecule has 0 aliphatic carbocycles. The molecule has 5 heteroatoms. The summed E-state index contributed by atoms with van der Waals surface area (Å²) in [6.07, 6.45) is 6.30. The summed E-state index contributed by atoms with van der Waals surface area (Å²) in [6, 6.07) is 13.6. The minimum Gasteiger partial charge on any atom is -0.497 e. The standard InChI is InChI=1S/C23H26N2O3/c1-25(2)13-12-19-15-24-22-10-6-17(14-21(19)22)7-11-23(26)28-16-18-4-8-20(27-3)9-5-18/h4-11,14-15,24H,12-13,16H2,1-3H3. The van der Waals surface area contributed by atoms with Gasteiger partial charge in [-0.2, -0.15) is 0 Å². The van der Waals surface area contributed by atoms with E-state index in [1.807, 2.05) is 36.4 Å². The number of nitrogens with zero attached hydrogens (tertiary/aromatic N) is 1. The molecule has 0 saturated carbocycles. The smallest absolute Gasteiger partial charge is 0.331 e. The Labute approximate surface area is 165 Å². The number of aromatic amines is 1. The molecule has 0 aliphatic heterocycles. The average molecular weight is 378 g/mol. The largest absolute Gasteiger partial charge is 0.497 e. The third-order valence-corrected chi connectivity index (χ3v) is 4.57. The zero-order valence-corrected chi connectivity index (χ0v) is 16.6. The molecule has 1 N–H and O–H groups in total. The van der Waals surface area contributed by atoms with Crippen molar-refractivity contribution >= 4 is 22.9 Å². The number of ether oxygens (including phenoxy) is 2. The Morgan fingerprint density at radius 2 is 1.93 bits per heavy atom. The van der Waals surface area contributed by atoms with E-state index in [1.165, 1.54) is 17.0 Å². The van der Waals surface area contributed by atoms with Crippen molar-refractivity contribution in [3.63, 3.8) is 0 Å². The predicted octanol–water partition coefficient (Wildman–Crippen LogP) is 4.04. The molecule has 2 aromatic carbocycles. The fraction of sp³-hybridized carbons (Fsp3) is 0.261. The molecule has 1 aromatic heterocycles. The molecule has 146 valence electrons. The second-order valence-corrected chi connectivity index (χ2v) is 6.96. The molecule has 0 fully saturated rings. The van der Waals surface area contributed by atoms with Gasteiger partial charge in [0.1, 0.15) is 12.4 Å². The van der Waals surface area contributed by atoms with E-state index in [4.69, 9.17) is 9.47 Å². The first kappa shape index (κ1) is 19.7. The van der Waals surface area contributed by atoms with Gasteiger partial charge in [0.25, 0.3) is 0 Å². The maximum absolute atomic E-state index is 12.0. The number of likely N-dealkylation sites (N-methyl/N-ethyl adjacent to an activating group) is 1. The van der Waals surface area contributed by atoms with Gasteiger partial charge in [0.15, 0.2) is 0 Å². The van der Waals surface area contributed by atoms with E-state index in [2.05, 4.69) is 36.2 Å². The average Bonchev–Trinajstić information content (AvgIpc) is 3.11. The normalized spacial score (nSPS) is 11.4. The van der Waals surface area contributed by atoms with Crippen molar-refractivity contribution in [3.8, 4) is 5.75 Å². The Bertz CT molecular complexity index is 956. The lowest BCUT2D eigenvalue weighted by atomic mass is 10.1. The number of rotatable bonds is 8. The lowest BCUT2D eigenvalue weighted by molar-refractivity contribution is -0.138. The van der Waals surface area contributed by atoms with Crippen molar-refractivity contribution in [1.29, 1.82) is 0 Å². The van der Waals surface area contributed by atoms with Gasteiger partial charge in [-0.3, -0.25) is 0 Å². The molecule has 5 nitrogen and oxygen atoms in total. The zero-order valence-electron chi connectivity index (χ0n) is 16.6. The predicted molar refractivity (Wildman–Crippen MR) is 112 cm³/mol. The van der Waals surface area contributed by atoms with Crippen LogP contribution in [0.25, 0.3) is 17.0 Å². The van der Waals surface area contributed by atoms with Crippen molar-refractivity contribution in [2.45, 2.75) is 13.0 Å². The van der Waals surface area contributed by atoms with Gasteiger partial charge in [-0.1, -0.05) is 18.2 Å². The number of H-pyrrole nitrogens is 1. The molecule has 1 heterocycles. The van der Waals surface area contributed by atoms with E-state index >= 15 is 0 Å². The number of carbonyl (C=O) groups excluding carboxylic acids is 1. The first-order valence-electron chi connectivity index (χ1n) is 9.27. The van der Waals surface area contributed by atoms with Crippen LogP contribution >= 0.6 is 0 Å². The Balaban J connectivity index is 1.61. The highest BCUT2D eigenvalue weighted by Gasteiger charge is 2.05. The Morgan fingerprint density at radius 3 is 2.64 bits per heavy atom. The van der Waals surface area contributed by atoms with Crippen LogP contribution in [0.4, 0.5) is 0 Å². The van der Waals surface area contributed by atoms with Crippen LogP contribution in [0, 0.1) is 0 Å². The summed E-state index contributed by atoms with van der Waals surface area (Å²) in [5, 5.41) is 1.19. The molecule has 28 heavy (non-hydrogen) atoms. The third kappa shape index (κ3) is 5.24. The number of benzene rings is 2. The number of hydrogen-bond donors (Lipinski definition) is 1. The van der Waals surface area contributed by atoms with Gasteiger partial charge in [-0.15, -0.1) is 0 Å². The number of fused-ring (bicyclic) bond motifs is 1. The van der Waals surface area contributed by atoms with E-state index in [9.17, 15) is 4.79 Å². The molecule has 0 unspecified atom stereocenters. The van der Waals surface area contributed by atoms with Crippen LogP contribution in [-0.2, 0) is 22.6 Å². The summed E-state index contributed by atoms with van der Waals surface area (Å²) < 4.78 is 10.4. The SMILES string of the molecule is COc1ccc(COC(=O)C=Cc2ccc3[nH]cc(CCN(C)C)c3c2)cc1. The Kier molecular flexibility index (Phi) is 6.50. The Hall–Kier alpha value is -3.05. The second kappa shape index (κ2) is 9.24. The Morgan fingerprint density at radius 1 is 1.14 bits per heavy atom. The monoisotopic (exact) mass is 378 g/mol. The molecule has 3 rings (SSSR count). The van der Waals surface area contributed by atoms with Gasteiger partial charge in [-0.25, -0.2) is 4.79 Å². The molecule has 0 spiro atoms. The van der Waals surface area contributed by atoms with Gasteiger partial charge in [-0.05, 0) is 67.5 Å². The first-order valence-corrected chi connectivity index (χ1v) is 9.27. The first-order chi connectivity index (χ1) is 13.5. The van der Waals surface area contributed by atoms with E-state index in [1.54, 1.807) is 13.2 Å². The summed E-state index contributed by atoms with van der Waals surface area (Å²) in [6.45, 7) is 1.23. The van der Waals surface area contributed by atoms with Gasteiger partial charge in [0.05, 0.1) is 7.11 Å². The summed E-state index contributed by atoms with van der Waals surface area (Å²) in [4.78, 5) is 17.5.